The number of carbonyl (C=O) groups is 1. The monoisotopic (exact) mass is 374 g/mol. The van der Waals surface area contributed by atoms with Gasteiger partial charge in [0.25, 0.3) is 0 Å². The van der Waals surface area contributed by atoms with Crippen molar-refractivity contribution in [1.29, 1.82) is 0 Å². The Morgan fingerprint density at radius 3 is 2.71 bits per heavy atom. The van der Waals surface area contributed by atoms with Gasteiger partial charge in [0.2, 0.25) is 5.95 Å². The van der Waals surface area contributed by atoms with Crippen LogP contribution >= 0.6 is 0 Å². The number of benzene rings is 2. The summed E-state index contributed by atoms with van der Waals surface area (Å²) in [4.78, 5) is 23.2. The molecule has 0 fully saturated rings. The van der Waals surface area contributed by atoms with Crippen LogP contribution in [-0.4, -0.2) is 29.1 Å². The molecule has 1 N–H and O–H groups in total. The third kappa shape index (κ3) is 3.67. The van der Waals surface area contributed by atoms with Gasteiger partial charge in [-0.05, 0) is 56.2 Å². The van der Waals surface area contributed by atoms with E-state index >= 15 is 0 Å². The van der Waals surface area contributed by atoms with Crippen molar-refractivity contribution in [2.75, 3.05) is 23.4 Å². The van der Waals surface area contributed by atoms with Gasteiger partial charge in [0.15, 0.2) is 0 Å². The molecule has 0 radical (unpaired) electrons. The van der Waals surface area contributed by atoms with Gasteiger partial charge in [0.05, 0.1) is 12.2 Å². The molecule has 1 aliphatic rings. The summed E-state index contributed by atoms with van der Waals surface area (Å²) in [5.41, 5.74) is 4.76. The number of nitrogens with zero attached hydrogens (tertiary/aromatic N) is 3. The van der Waals surface area contributed by atoms with Crippen molar-refractivity contribution in [2.24, 2.45) is 0 Å². The number of nitrogens with one attached hydrogen (secondary N) is 1. The number of para-hydroxylation sites is 1. The maximum Gasteiger partial charge on any atom is 0.338 e. The van der Waals surface area contributed by atoms with Crippen LogP contribution < -0.4 is 10.2 Å². The molecule has 2 heterocycles. The number of anilines is 4. The molecule has 0 amide bonds. The van der Waals surface area contributed by atoms with Crippen molar-refractivity contribution >= 4 is 29.1 Å². The van der Waals surface area contributed by atoms with E-state index in [4.69, 9.17) is 9.72 Å². The molecule has 3 aromatic rings. The largest absolute Gasteiger partial charge is 0.462 e. The fourth-order valence-electron chi connectivity index (χ4n) is 3.36. The first-order valence-corrected chi connectivity index (χ1v) is 9.39. The fourth-order valence-corrected chi connectivity index (χ4v) is 3.36. The molecule has 6 heteroatoms. The maximum atomic E-state index is 11.8. The van der Waals surface area contributed by atoms with E-state index < -0.39 is 0 Å². The van der Waals surface area contributed by atoms with E-state index in [1.807, 2.05) is 25.1 Å². The first-order valence-electron chi connectivity index (χ1n) is 9.39. The molecular formula is C22H22N4O2. The number of hydrogen-bond acceptors (Lipinski definition) is 6. The third-order valence-corrected chi connectivity index (χ3v) is 4.66. The molecule has 0 bridgehead atoms. The molecular weight excluding hydrogens is 352 g/mol. The Balaban J connectivity index is 1.56. The highest BCUT2D eigenvalue weighted by Gasteiger charge is 2.21. The lowest BCUT2D eigenvalue weighted by molar-refractivity contribution is 0.0526. The second-order valence-corrected chi connectivity index (χ2v) is 6.64. The summed E-state index contributed by atoms with van der Waals surface area (Å²) in [6.45, 7) is 5.02. The SMILES string of the molecule is CCOC(=O)c1ccc(Nc2nc(C)cc(N3CCc4ccccc43)n2)cc1. The zero-order valence-electron chi connectivity index (χ0n) is 16.0. The Labute approximate surface area is 164 Å². The molecule has 6 nitrogen and oxygen atoms in total. The highest BCUT2D eigenvalue weighted by atomic mass is 16.5. The van der Waals surface area contributed by atoms with Crippen molar-refractivity contribution in [3.05, 3.63) is 71.4 Å². The molecule has 0 saturated heterocycles. The van der Waals surface area contributed by atoms with Crippen LogP contribution in [0.2, 0.25) is 0 Å². The lowest BCUT2D eigenvalue weighted by Crippen LogP contribution is -2.16. The molecule has 142 valence electrons. The van der Waals surface area contributed by atoms with Crippen LogP contribution in [0.1, 0.15) is 28.5 Å². The van der Waals surface area contributed by atoms with Gasteiger partial charge in [-0.3, -0.25) is 0 Å². The standard InChI is InChI=1S/C22H22N4O2/c1-3-28-21(27)17-8-10-18(11-9-17)24-22-23-15(2)14-20(25-22)26-13-12-16-6-4-5-7-19(16)26/h4-11,14H,3,12-13H2,1-2H3,(H,23,24,25). The van der Waals surface area contributed by atoms with E-state index in [2.05, 4.69) is 39.5 Å². The molecule has 4 rings (SSSR count). The Morgan fingerprint density at radius 1 is 1.14 bits per heavy atom. The Hall–Kier alpha value is -3.41. The predicted octanol–water partition coefficient (Wildman–Crippen LogP) is 4.40. The topological polar surface area (TPSA) is 67.3 Å². The fraction of sp³-hybridized carbons (Fsp3) is 0.227. The summed E-state index contributed by atoms with van der Waals surface area (Å²) in [6.07, 6.45) is 1.01. The average Bonchev–Trinajstić information content (AvgIpc) is 3.12. The van der Waals surface area contributed by atoms with E-state index in [1.165, 1.54) is 11.3 Å². The zero-order valence-corrected chi connectivity index (χ0v) is 16.0. The Bertz CT molecular complexity index is 1000. The molecule has 0 saturated carbocycles. The summed E-state index contributed by atoms with van der Waals surface area (Å²) < 4.78 is 5.01. The van der Waals surface area contributed by atoms with Gasteiger partial charge in [0, 0.05) is 29.7 Å². The molecule has 0 unspecified atom stereocenters. The summed E-state index contributed by atoms with van der Waals surface area (Å²) in [5, 5.41) is 3.23. The summed E-state index contributed by atoms with van der Waals surface area (Å²) in [6, 6.07) is 17.5. The number of rotatable bonds is 5. The van der Waals surface area contributed by atoms with Gasteiger partial charge in [-0.25, -0.2) is 9.78 Å². The summed E-state index contributed by atoms with van der Waals surface area (Å²) >= 11 is 0. The van der Waals surface area contributed by atoms with Crippen LogP contribution in [-0.2, 0) is 11.2 Å². The number of hydrogen-bond donors (Lipinski definition) is 1. The first-order chi connectivity index (χ1) is 13.6. The minimum atomic E-state index is -0.323. The van der Waals surface area contributed by atoms with Crippen molar-refractivity contribution < 1.29 is 9.53 Å². The van der Waals surface area contributed by atoms with Crippen molar-refractivity contribution in [3.8, 4) is 0 Å². The number of fused-ring (bicyclic) bond motifs is 1. The Morgan fingerprint density at radius 2 is 1.93 bits per heavy atom. The minimum Gasteiger partial charge on any atom is -0.462 e. The average molecular weight is 374 g/mol. The molecule has 2 aromatic carbocycles. The molecule has 0 atom stereocenters. The smallest absolute Gasteiger partial charge is 0.338 e. The molecule has 0 spiro atoms. The van der Waals surface area contributed by atoms with Gasteiger partial charge in [-0.2, -0.15) is 4.98 Å². The highest BCUT2D eigenvalue weighted by Crippen LogP contribution is 2.33. The second-order valence-electron chi connectivity index (χ2n) is 6.64. The lowest BCUT2D eigenvalue weighted by Gasteiger charge is -2.19. The van der Waals surface area contributed by atoms with Crippen LogP contribution in [0.4, 0.5) is 23.1 Å². The normalized spacial score (nSPS) is 12.6. The molecule has 0 aliphatic carbocycles. The molecule has 1 aliphatic heterocycles. The highest BCUT2D eigenvalue weighted by molar-refractivity contribution is 5.89. The van der Waals surface area contributed by atoms with Crippen molar-refractivity contribution in [2.45, 2.75) is 20.3 Å². The van der Waals surface area contributed by atoms with E-state index in [-0.39, 0.29) is 5.97 Å². The van der Waals surface area contributed by atoms with E-state index in [0.717, 1.165) is 30.2 Å². The van der Waals surface area contributed by atoms with Crippen LogP contribution in [0.25, 0.3) is 0 Å². The van der Waals surface area contributed by atoms with Crippen LogP contribution in [0.3, 0.4) is 0 Å². The number of ether oxygens (including phenoxy) is 1. The van der Waals surface area contributed by atoms with Crippen molar-refractivity contribution in [3.63, 3.8) is 0 Å². The van der Waals surface area contributed by atoms with E-state index in [0.29, 0.717) is 18.1 Å². The van der Waals surface area contributed by atoms with Gasteiger partial charge in [0.1, 0.15) is 5.82 Å². The lowest BCUT2D eigenvalue weighted by atomic mass is 10.2. The summed E-state index contributed by atoms with van der Waals surface area (Å²) in [7, 11) is 0. The minimum absolute atomic E-state index is 0.323. The van der Waals surface area contributed by atoms with Crippen LogP contribution in [0.15, 0.2) is 54.6 Å². The quantitative estimate of drug-likeness (QED) is 0.668. The molecule has 1 aromatic heterocycles. The van der Waals surface area contributed by atoms with Gasteiger partial charge in [-0.15, -0.1) is 0 Å². The predicted molar refractivity (Wildman–Crippen MR) is 110 cm³/mol. The summed E-state index contributed by atoms with van der Waals surface area (Å²) in [5.74, 6) is 1.09. The maximum absolute atomic E-state index is 11.8. The van der Waals surface area contributed by atoms with Gasteiger partial charge >= 0.3 is 5.97 Å². The number of esters is 1. The van der Waals surface area contributed by atoms with E-state index in [9.17, 15) is 4.79 Å². The van der Waals surface area contributed by atoms with Gasteiger partial charge in [-0.1, -0.05) is 18.2 Å². The zero-order chi connectivity index (χ0) is 19.5. The molecule has 28 heavy (non-hydrogen) atoms. The number of aromatic nitrogens is 2. The first kappa shape index (κ1) is 18.0. The van der Waals surface area contributed by atoms with Gasteiger partial charge < -0.3 is 15.0 Å². The van der Waals surface area contributed by atoms with Crippen LogP contribution in [0.5, 0.6) is 0 Å². The van der Waals surface area contributed by atoms with Crippen molar-refractivity contribution in [1.82, 2.24) is 9.97 Å². The van der Waals surface area contributed by atoms with E-state index in [1.54, 1.807) is 19.1 Å². The van der Waals surface area contributed by atoms with Crippen LogP contribution in [0, 0.1) is 6.92 Å². The number of carbonyl (C=O) groups excluding carboxylic acids is 1. The third-order valence-electron chi connectivity index (χ3n) is 4.66. The second kappa shape index (κ2) is 7.68. The number of aryl methyl sites for hydroxylation is 1. The Kier molecular flexibility index (Phi) is 4.93.